The largest absolute Gasteiger partial charge is 0.496 e. The van der Waals surface area contributed by atoms with E-state index in [1.807, 2.05) is 0 Å². The summed E-state index contributed by atoms with van der Waals surface area (Å²) in [5.41, 5.74) is 0.603. The van der Waals surface area contributed by atoms with Crippen LogP contribution >= 0.6 is 11.6 Å². The molecule has 0 heterocycles. The molecule has 2 rings (SSSR count). The lowest BCUT2D eigenvalue weighted by Gasteiger charge is -2.12. The average Bonchev–Trinajstić information content (AvgIpc) is 2.66. The minimum atomic E-state index is -4.01. The number of benzene rings is 2. The summed E-state index contributed by atoms with van der Waals surface area (Å²) >= 11 is 5.79. The Morgan fingerprint density at radius 3 is 2.39 bits per heavy atom. The molecule has 11 heteroatoms. The fraction of sp³-hybridized carbons (Fsp3) is 0.235. The van der Waals surface area contributed by atoms with E-state index in [0.29, 0.717) is 5.56 Å². The number of rotatable bonds is 8. The van der Waals surface area contributed by atoms with Crippen molar-refractivity contribution in [2.45, 2.75) is 18.1 Å². The fourth-order valence-corrected chi connectivity index (χ4v) is 3.57. The van der Waals surface area contributed by atoms with Crippen molar-refractivity contribution < 1.29 is 36.2 Å². The van der Waals surface area contributed by atoms with Crippen LogP contribution in [0.1, 0.15) is 15.9 Å². The molecule has 0 radical (unpaired) electrons. The topological polar surface area (TPSA) is 90.9 Å². The van der Waals surface area contributed by atoms with E-state index in [1.54, 1.807) is 6.07 Å². The molecule has 2 aromatic rings. The van der Waals surface area contributed by atoms with Crippen LogP contribution in [0.15, 0.2) is 41.3 Å². The highest BCUT2D eigenvalue weighted by molar-refractivity contribution is 7.89. The van der Waals surface area contributed by atoms with Gasteiger partial charge in [0.05, 0.1) is 24.1 Å². The lowest BCUT2D eigenvalue weighted by molar-refractivity contribution is -0.0498. The van der Waals surface area contributed by atoms with E-state index in [-0.39, 0.29) is 33.5 Å². The molecular formula is C17H16ClF2NO6S. The maximum atomic E-state index is 12.4. The number of esters is 1. The summed E-state index contributed by atoms with van der Waals surface area (Å²) in [5, 5.41) is -0.277. The van der Waals surface area contributed by atoms with Gasteiger partial charge in [0.2, 0.25) is 10.0 Å². The number of sulfonamides is 1. The normalized spacial score (nSPS) is 11.4. The van der Waals surface area contributed by atoms with Crippen molar-refractivity contribution in [3.05, 3.63) is 52.5 Å². The Balaban J connectivity index is 2.19. The first-order valence-electron chi connectivity index (χ1n) is 7.67. The van der Waals surface area contributed by atoms with Gasteiger partial charge >= 0.3 is 12.6 Å². The lowest BCUT2D eigenvalue weighted by Crippen LogP contribution is -2.23. The predicted molar refractivity (Wildman–Crippen MR) is 96.4 cm³/mol. The summed E-state index contributed by atoms with van der Waals surface area (Å²) in [6.07, 6.45) is 0. The highest BCUT2D eigenvalue weighted by Crippen LogP contribution is 2.28. The second kappa shape index (κ2) is 9.18. The average molecular weight is 436 g/mol. The summed E-state index contributed by atoms with van der Waals surface area (Å²) < 4.78 is 65.6. The lowest BCUT2D eigenvalue weighted by atomic mass is 10.1. The monoisotopic (exact) mass is 435 g/mol. The van der Waals surface area contributed by atoms with Crippen molar-refractivity contribution in [2.24, 2.45) is 0 Å². The van der Waals surface area contributed by atoms with E-state index in [1.165, 1.54) is 26.4 Å². The number of methoxy groups -OCH3 is 2. The van der Waals surface area contributed by atoms with Crippen molar-refractivity contribution in [2.75, 3.05) is 14.2 Å². The second-order valence-electron chi connectivity index (χ2n) is 5.32. The summed E-state index contributed by atoms with van der Waals surface area (Å²) in [5.74, 6) is -0.698. The number of hydrogen-bond donors (Lipinski definition) is 1. The molecule has 0 fully saturated rings. The Morgan fingerprint density at radius 2 is 1.82 bits per heavy atom. The predicted octanol–water partition coefficient (Wildman–Crippen LogP) is 3.22. The third-order valence-electron chi connectivity index (χ3n) is 3.57. The Kier molecular flexibility index (Phi) is 7.17. The molecule has 2 aromatic carbocycles. The van der Waals surface area contributed by atoms with Crippen molar-refractivity contribution in [3.63, 3.8) is 0 Å². The van der Waals surface area contributed by atoms with E-state index < -0.39 is 22.6 Å². The Labute approximate surface area is 165 Å². The molecule has 0 aliphatic heterocycles. The van der Waals surface area contributed by atoms with Crippen LogP contribution in [0.4, 0.5) is 8.78 Å². The van der Waals surface area contributed by atoms with Crippen LogP contribution in [-0.4, -0.2) is 35.2 Å². The standard InChI is InChI=1S/C17H16ClF2NO6S/c1-25-14-5-3-10(7-12(14)16(22)26-2)9-21-28(23,24)11-4-6-15(13(18)8-11)27-17(19)20/h3-8,17,21H,9H2,1-2H3. The van der Waals surface area contributed by atoms with Crippen LogP contribution in [0.5, 0.6) is 11.5 Å². The van der Waals surface area contributed by atoms with E-state index in [4.69, 9.17) is 16.3 Å². The molecule has 0 spiro atoms. The molecule has 0 aliphatic carbocycles. The molecule has 28 heavy (non-hydrogen) atoms. The van der Waals surface area contributed by atoms with Gasteiger partial charge in [-0.05, 0) is 35.9 Å². The van der Waals surface area contributed by atoms with Crippen LogP contribution in [0.25, 0.3) is 0 Å². The van der Waals surface area contributed by atoms with Crippen molar-refractivity contribution in [3.8, 4) is 11.5 Å². The van der Waals surface area contributed by atoms with Crippen LogP contribution in [0, 0.1) is 0 Å². The van der Waals surface area contributed by atoms with Crippen LogP contribution in [0.3, 0.4) is 0 Å². The molecule has 0 unspecified atom stereocenters. The van der Waals surface area contributed by atoms with Crippen LogP contribution < -0.4 is 14.2 Å². The number of nitrogens with one attached hydrogen (secondary N) is 1. The minimum Gasteiger partial charge on any atom is -0.496 e. The molecule has 1 N–H and O–H groups in total. The van der Waals surface area contributed by atoms with Gasteiger partial charge in [-0.2, -0.15) is 8.78 Å². The molecule has 0 aliphatic rings. The van der Waals surface area contributed by atoms with E-state index in [0.717, 1.165) is 18.2 Å². The van der Waals surface area contributed by atoms with Gasteiger partial charge < -0.3 is 14.2 Å². The third-order valence-corrected chi connectivity index (χ3v) is 5.26. The maximum absolute atomic E-state index is 12.4. The van der Waals surface area contributed by atoms with Gasteiger partial charge in [-0.25, -0.2) is 17.9 Å². The Morgan fingerprint density at radius 1 is 1.14 bits per heavy atom. The number of carbonyl (C=O) groups excluding carboxylic acids is 1. The maximum Gasteiger partial charge on any atom is 0.387 e. The molecule has 0 atom stereocenters. The zero-order chi connectivity index (χ0) is 20.9. The smallest absolute Gasteiger partial charge is 0.387 e. The fourth-order valence-electron chi connectivity index (χ4n) is 2.24. The van der Waals surface area contributed by atoms with Gasteiger partial charge in [0, 0.05) is 6.54 Å². The van der Waals surface area contributed by atoms with Crippen molar-refractivity contribution in [1.29, 1.82) is 0 Å². The number of carbonyl (C=O) groups is 1. The molecule has 0 amide bonds. The molecule has 7 nitrogen and oxygen atoms in total. The van der Waals surface area contributed by atoms with Crippen LogP contribution in [0.2, 0.25) is 5.02 Å². The zero-order valence-electron chi connectivity index (χ0n) is 14.7. The second-order valence-corrected chi connectivity index (χ2v) is 7.50. The number of hydrogen-bond acceptors (Lipinski definition) is 6. The number of ether oxygens (including phenoxy) is 3. The first-order valence-corrected chi connectivity index (χ1v) is 9.53. The molecule has 0 saturated carbocycles. The van der Waals surface area contributed by atoms with Gasteiger partial charge in [-0.3, -0.25) is 0 Å². The summed E-state index contributed by atoms with van der Waals surface area (Å²) in [7, 11) is -1.41. The number of alkyl halides is 2. The molecule has 152 valence electrons. The summed E-state index contributed by atoms with van der Waals surface area (Å²) in [6, 6.07) is 7.62. The van der Waals surface area contributed by atoms with Gasteiger partial charge in [-0.15, -0.1) is 0 Å². The minimum absolute atomic E-state index is 0.137. The van der Waals surface area contributed by atoms with Gasteiger partial charge in [0.1, 0.15) is 17.1 Å². The van der Waals surface area contributed by atoms with E-state index >= 15 is 0 Å². The SMILES string of the molecule is COC(=O)c1cc(CNS(=O)(=O)c2ccc(OC(F)F)c(Cl)c2)ccc1OC. The highest BCUT2D eigenvalue weighted by atomic mass is 35.5. The van der Waals surface area contributed by atoms with E-state index in [2.05, 4.69) is 14.2 Å². The molecule has 0 bridgehead atoms. The van der Waals surface area contributed by atoms with Crippen molar-refractivity contribution >= 4 is 27.6 Å². The quantitative estimate of drug-likeness (QED) is 0.640. The number of halogens is 3. The Hall–Kier alpha value is -2.43. The van der Waals surface area contributed by atoms with Gasteiger partial charge in [-0.1, -0.05) is 17.7 Å². The highest BCUT2D eigenvalue weighted by Gasteiger charge is 2.19. The Bertz CT molecular complexity index is 968. The summed E-state index contributed by atoms with van der Waals surface area (Å²) in [6.45, 7) is -3.24. The van der Waals surface area contributed by atoms with Crippen LogP contribution in [-0.2, 0) is 21.3 Å². The van der Waals surface area contributed by atoms with Gasteiger partial charge in [0.25, 0.3) is 0 Å². The molecule has 0 aromatic heterocycles. The zero-order valence-corrected chi connectivity index (χ0v) is 16.3. The van der Waals surface area contributed by atoms with Crippen molar-refractivity contribution in [1.82, 2.24) is 4.72 Å². The molecule has 0 saturated heterocycles. The van der Waals surface area contributed by atoms with Gasteiger partial charge in [0.15, 0.2) is 0 Å². The van der Waals surface area contributed by atoms with E-state index in [9.17, 15) is 22.0 Å². The first kappa shape index (κ1) is 21.9. The third kappa shape index (κ3) is 5.31. The first-order chi connectivity index (χ1) is 13.2. The molecular weight excluding hydrogens is 420 g/mol. The summed E-state index contributed by atoms with van der Waals surface area (Å²) in [4.78, 5) is 11.6.